The van der Waals surface area contributed by atoms with Crippen LogP contribution < -0.4 is 5.73 Å². The van der Waals surface area contributed by atoms with Crippen LogP contribution in [0.15, 0.2) is 12.7 Å². The molecule has 6 atom stereocenters. The van der Waals surface area contributed by atoms with E-state index in [2.05, 4.69) is 39.9 Å². The Balaban J connectivity index is 1.89. The van der Waals surface area contributed by atoms with E-state index >= 15 is 0 Å². The largest absolute Gasteiger partial charge is 0.488 e. The van der Waals surface area contributed by atoms with Gasteiger partial charge in [-0.15, -0.1) is 0 Å². The average molecular weight is 607 g/mol. The van der Waals surface area contributed by atoms with Gasteiger partial charge in [0.1, 0.15) is 17.9 Å². The Morgan fingerprint density at radius 2 is 1.68 bits per heavy atom. The molecule has 0 aromatic carbocycles. The standard InChI is InChI=1S/C14H20N5O14P3S/c1-6(20)29-10-8(3-28-34(22,23)32-35(24,25)33-36(26,27)37)31-14(11(10)30-7(2)21)19-5-18-9-12(15)16-4-17-13(9)19/h4-5,8,10-11,14H,3H2,1-2H3,(H,22,23)(H,24,25)(H2,15,16,17)(H2,26,27,37)/t8-,10-,11-,14-/m1/s1. The summed E-state index contributed by atoms with van der Waals surface area (Å²) in [7, 11) is -11.0. The van der Waals surface area contributed by atoms with Crippen molar-refractivity contribution in [3.8, 4) is 0 Å². The third-order valence-electron chi connectivity index (χ3n) is 4.37. The number of rotatable bonds is 10. The number of nitrogen functional groups attached to an aromatic ring is 1. The number of phosphoric acid groups is 2. The fourth-order valence-electron chi connectivity index (χ4n) is 3.24. The summed E-state index contributed by atoms with van der Waals surface area (Å²) in [4.78, 5) is 72.7. The van der Waals surface area contributed by atoms with Crippen LogP contribution in [0.3, 0.4) is 0 Å². The van der Waals surface area contributed by atoms with Gasteiger partial charge >= 0.3 is 34.3 Å². The molecule has 206 valence electrons. The van der Waals surface area contributed by atoms with Crippen LogP contribution in [0.2, 0.25) is 0 Å². The molecule has 0 aliphatic carbocycles. The lowest BCUT2D eigenvalue weighted by Gasteiger charge is -2.24. The summed E-state index contributed by atoms with van der Waals surface area (Å²) in [5, 5.41) is 0. The number of imidazole rings is 1. The Morgan fingerprint density at radius 1 is 1.05 bits per heavy atom. The van der Waals surface area contributed by atoms with E-state index in [1.54, 1.807) is 0 Å². The fraction of sp³-hybridized carbons (Fsp3) is 0.500. The molecule has 19 nitrogen and oxygen atoms in total. The molecule has 23 heteroatoms. The van der Waals surface area contributed by atoms with Crippen LogP contribution in [0.1, 0.15) is 20.1 Å². The molecule has 1 aliphatic rings. The fourth-order valence-corrected chi connectivity index (χ4v) is 7.03. The molecule has 2 aromatic heterocycles. The number of ether oxygens (including phenoxy) is 3. The third-order valence-corrected chi connectivity index (χ3v) is 8.77. The molecule has 1 aliphatic heterocycles. The number of hydrogen-bond donors (Lipinski definition) is 5. The molecule has 3 heterocycles. The smallest absolute Gasteiger partial charge is 0.456 e. The normalized spacial score (nSPS) is 25.4. The van der Waals surface area contributed by atoms with Crippen molar-refractivity contribution in [2.45, 2.75) is 38.4 Å². The molecule has 1 saturated heterocycles. The number of aromatic nitrogens is 4. The van der Waals surface area contributed by atoms with Gasteiger partial charge in [0.15, 0.2) is 29.9 Å². The van der Waals surface area contributed by atoms with Crippen LogP contribution in [0.4, 0.5) is 5.82 Å². The van der Waals surface area contributed by atoms with Crippen LogP contribution in [0, 0.1) is 0 Å². The molecule has 0 bridgehead atoms. The Hall–Kier alpha value is -1.92. The first-order valence-corrected chi connectivity index (χ1v) is 15.3. The minimum atomic E-state index is -5.58. The van der Waals surface area contributed by atoms with E-state index in [0.717, 1.165) is 20.2 Å². The minimum absolute atomic E-state index is 0.0209. The highest BCUT2D eigenvalue weighted by atomic mass is 32.5. The summed E-state index contributed by atoms with van der Waals surface area (Å²) < 4.78 is 53.9. The molecule has 1 fully saturated rings. The zero-order valence-corrected chi connectivity index (χ0v) is 22.2. The summed E-state index contributed by atoms with van der Waals surface area (Å²) in [6.07, 6.45) is -3.20. The predicted molar refractivity (Wildman–Crippen MR) is 121 cm³/mol. The van der Waals surface area contributed by atoms with Gasteiger partial charge in [-0.1, -0.05) is 0 Å². The van der Waals surface area contributed by atoms with Crippen molar-refractivity contribution in [2.24, 2.45) is 0 Å². The van der Waals surface area contributed by atoms with E-state index < -0.39 is 65.4 Å². The van der Waals surface area contributed by atoms with Crippen LogP contribution in [-0.4, -0.2) is 76.0 Å². The summed E-state index contributed by atoms with van der Waals surface area (Å²) in [6.45, 7) is -3.62. The van der Waals surface area contributed by atoms with Gasteiger partial charge in [0, 0.05) is 13.8 Å². The lowest BCUT2D eigenvalue weighted by atomic mass is 10.1. The molecule has 3 rings (SSSR count). The van der Waals surface area contributed by atoms with Crippen molar-refractivity contribution in [3.05, 3.63) is 12.7 Å². The summed E-state index contributed by atoms with van der Waals surface area (Å²) in [5.41, 5.74) is 6.08. The van der Waals surface area contributed by atoms with Gasteiger partial charge in [-0.2, -0.15) is 4.31 Å². The number of fused-ring (bicyclic) bond motifs is 1. The zero-order chi connectivity index (χ0) is 27.8. The van der Waals surface area contributed by atoms with Crippen LogP contribution in [-0.2, 0) is 57.9 Å². The second-order valence-electron chi connectivity index (χ2n) is 7.18. The van der Waals surface area contributed by atoms with Gasteiger partial charge in [0.2, 0.25) is 0 Å². The van der Waals surface area contributed by atoms with E-state index in [4.69, 9.17) is 29.7 Å². The summed E-state index contributed by atoms with van der Waals surface area (Å²) >= 11 is 4.01. The molecule has 2 unspecified atom stereocenters. The van der Waals surface area contributed by atoms with E-state index in [0.29, 0.717) is 0 Å². The molecule has 0 radical (unpaired) electrons. The first-order valence-electron chi connectivity index (χ1n) is 9.69. The van der Waals surface area contributed by atoms with Gasteiger partial charge in [-0.05, 0) is 11.8 Å². The third kappa shape index (κ3) is 7.79. The Kier molecular flexibility index (Phi) is 8.85. The van der Waals surface area contributed by atoms with Gasteiger partial charge in [0.25, 0.3) is 0 Å². The summed E-state index contributed by atoms with van der Waals surface area (Å²) in [6, 6.07) is 0. The Bertz CT molecular complexity index is 1330. The Labute approximate surface area is 211 Å². The van der Waals surface area contributed by atoms with Gasteiger partial charge < -0.3 is 39.5 Å². The number of phosphoric ester groups is 1. The average Bonchev–Trinajstić information content (AvgIpc) is 3.26. The molecule has 6 N–H and O–H groups in total. The molecular formula is C14H20N5O14P3S. The lowest BCUT2D eigenvalue weighted by molar-refractivity contribution is -0.165. The van der Waals surface area contributed by atoms with E-state index in [9.17, 15) is 28.5 Å². The van der Waals surface area contributed by atoms with Crippen molar-refractivity contribution in [1.29, 1.82) is 0 Å². The molecular weight excluding hydrogens is 587 g/mol. The molecule has 0 spiro atoms. The maximum absolute atomic E-state index is 12.2. The maximum Gasteiger partial charge on any atom is 0.488 e. The summed E-state index contributed by atoms with van der Waals surface area (Å²) in [5.74, 6) is -1.64. The molecule has 37 heavy (non-hydrogen) atoms. The quantitative estimate of drug-likeness (QED) is 0.170. The molecule has 0 amide bonds. The second-order valence-corrected chi connectivity index (χ2v) is 13.0. The van der Waals surface area contributed by atoms with Gasteiger partial charge in [-0.25, -0.2) is 28.4 Å². The van der Waals surface area contributed by atoms with Crippen LogP contribution >= 0.6 is 22.4 Å². The van der Waals surface area contributed by atoms with Gasteiger partial charge in [-0.3, -0.25) is 18.7 Å². The number of carbonyl (C=O) groups is 2. The van der Waals surface area contributed by atoms with E-state index in [-0.39, 0.29) is 17.0 Å². The van der Waals surface area contributed by atoms with Crippen LogP contribution in [0.5, 0.6) is 0 Å². The van der Waals surface area contributed by atoms with Crippen LogP contribution in [0.25, 0.3) is 11.2 Å². The maximum atomic E-state index is 12.2. The topological polar surface area (TPSA) is 274 Å². The van der Waals surface area contributed by atoms with E-state index in [1.807, 2.05) is 0 Å². The highest BCUT2D eigenvalue weighted by molar-refractivity contribution is 8.08. The number of carbonyl (C=O) groups excluding carboxylic acids is 2. The first-order chi connectivity index (χ1) is 17.0. The molecule has 0 saturated carbocycles. The van der Waals surface area contributed by atoms with Crippen molar-refractivity contribution in [2.75, 3.05) is 12.3 Å². The number of nitrogens with zero attached hydrogens (tertiary/aromatic N) is 4. The minimum Gasteiger partial charge on any atom is -0.456 e. The molecule has 2 aromatic rings. The first kappa shape index (κ1) is 29.6. The van der Waals surface area contributed by atoms with Crippen molar-refractivity contribution in [3.63, 3.8) is 0 Å². The van der Waals surface area contributed by atoms with Crippen molar-refractivity contribution < 1.29 is 65.6 Å². The SMILES string of the molecule is CC(=O)O[C@@H]1[C@H](OC(C)=O)[C@@H](COP(=O)(O)OP(=O)(O)OP(O)(O)=S)O[C@H]1n1cnc2c(N)ncnc21. The highest BCUT2D eigenvalue weighted by Gasteiger charge is 2.51. The Morgan fingerprint density at radius 3 is 2.27 bits per heavy atom. The number of hydrogen-bond acceptors (Lipinski definition) is 15. The predicted octanol–water partition coefficient (Wildman–Crippen LogP) is -0.371. The van der Waals surface area contributed by atoms with Crippen molar-refractivity contribution in [1.82, 2.24) is 19.5 Å². The van der Waals surface area contributed by atoms with Gasteiger partial charge in [0.05, 0.1) is 12.9 Å². The van der Waals surface area contributed by atoms with Crippen molar-refractivity contribution >= 4 is 63.1 Å². The number of nitrogens with two attached hydrogens (primary N) is 1. The highest BCUT2D eigenvalue weighted by Crippen LogP contribution is 2.66. The number of esters is 2. The lowest BCUT2D eigenvalue weighted by Crippen LogP contribution is -2.40. The van der Waals surface area contributed by atoms with E-state index in [1.165, 1.54) is 10.9 Å². The monoisotopic (exact) mass is 607 g/mol. The second kappa shape index (κ2) is 11.1. The zero-order valence-electron chi connectivity index (χ0n) is 18.7. The number of anilines is 1.